The normalized spacial score (nSPS) is 12.4. The second kappa shape index (κ2) is 7.80. The number of nitrogens with zero attached hydrogens (tertiary/aromatic N) is 5. The van der Waals surface area contributed by atoms with Crippen molar-refractivity contribution in [3.05, 3.63) is 54.2 Å². The number of halogens is 2. The number of hydrogen-bond acceptors (Lipinski definition) is 7. The molecule has 0 radical (unpaired) electrons. The third-order valence-electron chi connectivity index (χ3n) is 5.05. The van der Waals surface area contributed by atoms with Gasteiger partial charge in [-0.2, -0.15) is 14.5 Å². The SMILES string of the molecule is Cn1ccc(COc2cc3ncc(-c4cc(F)c(N)nc4F)n3cc2S(=O)(=O)C(C)(C)C)n1. The van der Waals surface area contributed by atoms with Gasteiger partial charge in [0, 0.05) is 25.5 Å². The van der Waals surface area contributed by atoms with E-state index in [4.69, 9.17) is 10.5 Å². The lowest BCUT2D eigenvalue weighted by molar-refractivity contribution is 0.291. The summed E-state index contributed by atoms with van der Waals surface area (Å²) in [6, 6.07) is 4.07. The molecule has 0 amide bonds. The highest BCUT2D eigenvalue weighted by Gasteiger charge is 2.34. The molecule has 4 rings (SSSR count). The van der Waals surface area contributed by atoms with Gasteiger partial charge in [0.25, 0.3) is 0 Å². The molecular formula is C21H22F2N6O3S. The third-order valence-corrected chi connectivity index (χ3v) is 7.55. The average Bonchev–Trinajstić information content (AvgIpc) is 3.33. The standard InChI is InChI=1S/C21H22F2N6O3S/c1-21(2,3)33(30,31)17-10-29-15(13-7-14(22)20(24)26-19(13)23)9-25-18(29)8-16(17)32-11-12-5-6-28(4)27-12/h5-10H,11H2,1-4H3,(H2,24,26). The van der Waals surface area contributed by atoms with E-state index in [0.29, 0.717) is 5.69 Å². The van der Waals surface area contributed by atoms with Crippen LogP contribution in [0.5, 0.6) is 5.75 Å². The Morgan fingerprint density at radius 1 is 1.21 bits per heavy atom. The fourth-order valence-electron chi connectivity index (χ4n) is 3.18. The van der Waals surface area contributed by atoms with Crippen LogP contribution in [0.2, 0.25) is 0 Å². The van der Waals surface area contributed by atoms with Crippen molar-refractivity contribution in [3.8, 4) is 17.0 Å². The molecule has 0 aromatic carbocycles. The average molecular weight is 477 g/mol. The summed E-state index contributed by atoms with van der Waals surface area (Å²) in [6.45, 7) is 4.70. The molecule has 0 bridgehead atoms. The lowest BCUT2D eigenvalue weighted by Gasteiger charge is -2.21. The molecule has 0 fully saturated rings. The van der Waals surface area contributed by atoms with E-state index in [0.717, 1.165) is 6.07 Å². The Morgan fingerprint density at radius 2 is 1.94 bits per heavy atom. The maximum absolute atomic E-state index is 14.5. The maximum atomic E-state index is 14.5. The number of imidazole rings is 1. The number of pyridine rings is 2. The van der Waals surface area contributed by atoms with Crippen LogP contribution in [-0.4, -0.2) is 37.3 Å². The van der Waals surface area contributed by atoms with Crippen LogP contribution >= 0.6 is 0 Å². The van der Waals surface area contributed by atoms with E-state index in [9.17, 15) is 17.2 Å². The van der Waals surface area contributed by atoms with Gasteiger partial charge in [0.05, 0.1) is 27.9 Å². The number of aryl methyl sites for hydroxylation is 1. The van der Waals surface area contributed by atoms with Gasteiger partial charge in [0.15, 0.2) is 21.5 Å². The maximum Gasteiger partial charge on any atom is 0.224 e. The van der Waals surface area contributed by atoms with E-state index in [-0.39, 0.29) is 34.2 Å². The lowest BCUT2D eigenvalue weighted by atomic mass is 10.2. The van der Waals surface area contributed by atoms with Crippen molar-refractivity contribution in [2.45, 2.75) is 37.0 Å². The first-order valence-corrected chi connectivity index (χ1v) is 11.4. The van der Waals surface area contributed by atoms with Gasteiger partial charge in [-0.3, -0.25) is 9.08 Å². The van der Waals surface area contributed by atoms with Gasteiger partial charge in [0.1, 0.15) is 22.9 Å². The second-order valence-corrected chi connectivity index (χ2v) is 11.1. The highest BCUT2D eigenvalue weighted by atomic mass is 32.2. The molecule has 0 saturated carbocycles. The van der Waals surface area contributed by atoms with Crippen molar-refractivity contribution >= 4 is 21.3 Å². The summed E-state index contributed by atoms with van der Waals surface area (Å²) < 4.78 is 62.8. The summed E-state index contributed by atoms with van der Waals surface area (Å²) in [7, 11) is -2.15. The molecular weight excluding hydrogens is 454 g/mol. The molecule has 4 heterocycles. The van der Waals surface area contributed by atoms with Crippen LogP contribution in [0.3, 0.4) is 0 Å². The molecule has 4 aromatic heterocycles. The Morgan fingerprint density at radius 3 is 2.58 bits per heavy atom. The minimum atomic E-state index is -3.90. The predicted molar refractivity (Wildman–Crippen MR) is 117 cm³/mol. The van der Waals surface area contributed by atoms with E-state index in [1.807, 2.05) is 0 Å². The molecule has 0 aliphatic rings. The zero-order valence-electron chi connectivity index (χ0n) is 18.4. The van der Waals surface area contributed by atoms with E-state index in [1.54, 1.807) is 44.8 Å². The third kappa shape index (κ3) is 4.01. The quantitative estimate of drug-likeness (QED) is 0.440. The van der Waals surface area contributed by atoms with Crippen LogP contribution in [0, 0.1) is 11.8 Å². The van der Waals surface area contributed by atoms with Crippen LogP contribution in [0.15, 0.2) is 41.7 Å². The molecule has 4 aromatic rings. The van der Waals surface area contributed by atoms with Gasteiger partial charge in [-0.15, -0.1) is 0 Å². The van der Waals surface area contributed by atoms with E-state index in [1.165, 1.54) is 22.9 Å². The number of rotatable bonds is 5. The number of hydrogen-bond donors (Lipinski definition) is 1. The van der Waals surface area contributed by atoms with Crippen molar-refractivity contribution in [2.75, 3.05) is 5.73 Å². The molecule has 2 N–H and O–H groups in total. The van der Waals surface area contributed by atoms with Crippen molar-refractivity contribution < 1.29 is 21.9 Å². The highest BCUT2D eigenvalue weighted by Crippen LogP contribution is 2.35. The van der Waals surface area contributed by atoms with Gasteiger partial charge in [-0.25, -0.2) is 17.8 Å². The minimum absolute atomic E-state index is 0.0267. The summed E-state index contributed by atoms with van der Waals surface area (Å²) in [5, 5.41) is 4.22. The first-order chi connectivity index (χ1) is 15.4. The van der Waals surface area contributed by atoms with Gasteiger partial charge in [-0.05, 0) is 32.9 Å². The van der Waals surface area contributed by atoms with E-state index in [2.05, 4.69) is 15.1 Å². The van der Waals surface area contributed by atoms with Crippen molar-refractivity contribution in [2.24, 2.45) is 7.05 Å². The zero-order valence-corrected chi connectivity index (χ0v) is 19.2. The summed E-state index contributed by atoms with van der Waals surface area (Å²) in [6.07, 6.45) is 4.32. The molecule has 33 heavy (non-hydrogen) atoms. The van der Waals surface area contributed by atoms with Gasteiger partial charge in [0.2, 0.25) is 5.95 Å². The van der Waals surface area contributed by atoms with Crippen LogP contribution < -0.4 is 10.5 Å². The Hall–Kier alpha value is -3.54. The fourth-order valence-corrected chi connectivity index (χ4v) is 4.47. The molecule has 0 aliphatic carbocycles. The Bertz CT molecular complexity index is 1470. The van der Waals surface area contributed by atoms with Gasteiger partial charge < -0.3 is 10.5 Å². The smallest absolute Gasteiger partial charge is 0.224 e. The summed E-state index contributed by atoms with van der Waals surface area (Å²) in [5.41, 5.74) is 6.10. The summed E-state index contributed by atoms with van der Waals surface area (Å²) in [4.78, 5) is 7.46. The van der Waals surface area contributed by atoms with Crippen molar-refractivity contribution in [1.29, 1.82) is 0 Å². The highest BCUT2D eigenvalue weighted by molar-refractivity contribution is 7.92. The Labute approximate surface area is 188 Å². The molecule has 0 spiro atoms. The molecule has 0 saturated heterocycles. The molecule has 174 valence electrons. The molecule has 0 aliphatic heterocycles. The number of sulfone groups is 1. The monoisotopic (exact) mass is 476 g/mol. The van der Waals surface area contributed by atoms with Crippen molar-refractivity contribution in [3.63, 3.8) is 0 Å². The molecule has 0 unspecified atom stereocenters. The Balaban J connectivity index is 1.90. The van der Waals surface area contributed by atoms with Gasteiger partial charge >= 0.3 is 0 Å². The van der Waals surface area contributed by atoms with Crippen molar-refractivity contribution in [1.82, 2.24) is 24.1 Å². The number of nitrogens with two attached hydrogens (primary N) is 1. The largest absolute Gasteiger partial charge is 0.486 e. The number of ether oxygens (including phenoxy) is 1. The van der Waals surface area contributed by atoms with E-state index < -0.39 is 32.2 Å². The summed E-state index contributed by atoms with van der Waals surface area (Å²) in [5.74, 6) is -2.42. The number of fused-ring (bicyclic) bond motifs is 1. The minimum Gasteiger partial charge on any atom is -0.486 e. The topological polar surface area (TPSA) is 117 Å². The van der Waals surface area contributed by atoms with Crippen LogP contribution in [0.25, 0.3) is 16.9 Å². The molecule has 9 nitrogen and oxygen atoms in total. The fraction of sp³-hybridized carbons (Fsp3) is 0.286. The number of anilines is 1. The zero-order chi connectivity index (χ0) is 24.1. The van der Waals surface area contributed by atoms with Crippen LogP contribution in [0.1, 0.15) is 26.5 Å². The first kappa shape index (κ1) is 22.6. The van der Waals surface area contributed by atoms with E-state index >= 15 is 0 Å². The van der Waals surface area contributed by atoms with Gasteiger partial charge in [-0.1, -0.05) is 0 Å². The second-order valence-electron chi connectivity index (χ2n) is 8.45. The molecule has 0 atom stereocenters. The lowest BCUT2D eigenvalue weighted by Crippen LogP contribution is -2.28. The number of nitrogen functional groups attached to an aromatic ring is 1. The number of aromatic nitrogens is 5. The first-order valence-electron chi connectivity index (χ1n) is 9.87. The molecule has 12 heteroatoms. The summed E-state index contributed by atoms with van der Waals surface area (Å²) >= 11 is 0. The Kier molecular flexibility index (Phi) is 5.35. The van der Waals surface area contributed by atoms with Crippen LogP contribution in [-0.2, 0) is 23.5 Å². The predicted octanol–water partition coefficient (Wildman–Crippen LogP) is 3.14. The van der Waals surface area contributed by atoms with Crippen LogP contribution in [0.4, 0.5) is 14.6 Å².